The number of carbonyl (C=O) groups excluding carboxylic acids is 2. The number of rotatable bonds is 5. The topological polar surface area (TPSA) is 67.4 Å². The smallest absolute Gasteiger partial charge is 0.257 e. The Morgan fingerprint density at radius 1 is 1.08 bits per heavy atom. The Balaban J connectivity index is 1.72. The van der Waals surface area contributed by atoms with Crippen molar-refractivity contribution in [2.24, 2.45) is 0 Å². The zero-order valence-corrected chi connectivity index (χ0v) is 14.2. The van der Waals surface area contributed by atoms with Crippen LogP contribution in [0, 0.1) is 0 Å². The van der Waals surface area contributed by atoms with Crippen molar-refractivity contribution in [3.05, 3.63) is 59.7 Å². The molecule has 1 aliphatic heterocycles. The molecule has 0 spiro atoms. The van der Waals surface area contributed by atoms with Crippen LogP contribution in [0.25, 0.3) is 0 Å². The summed E-state index contributed by atoms with van der Waals surface area (Å²) in [6.45, 7) is 2.69. The van der Waals surface area contributed by atoms with Crippen molar-refractivity contribution in [2.45, 2.75) is 32.3 Å². The highest BCUT2D eigenvalue weighted by Crippen LogP contribution is 2.20. The van der Waals surface area contributed by atoms with E-state index in [2.05, 4.69) is 17.6 Å². The summed E-state index contributed by atoms with van der Waals surface area (Å²) in [6.07, 6.45) is 2.11. The Morgan fingerprint density at radius 2 is 1.84 bits per heavy atom. The molecular formula is C20H22N2O3. The van der Waals surface area contributed by atoms with E-state index in [1.165, 1.54) is 5.56 Å². The summed E-state index contributed by atoms with van der Waals surface area (Å²) in [5.74, 6) is -0.461. The Bertz CT molecular complexity index is 750. The van der Waals surface area contributed by atoms with Gasteiger partial charge in [-0.2, -0.15) is 0 Å². The van der Waals surface area contributed by atoms with Crippen molar-refractivity contribution in [2.75, 3.05) is 17.2 Å². The molecule has 2 aromatic carbocycles. The molecule has 25 heavy (non-hydrogen) atoms. The van der Waals surface area contributed by atoms with Gasteiger partial charge in [-0.15, -0.1) is 0 Å². The van der Waals surface area contributed by atoms with Crippen LogP contribution >= 0.6 is 0 Å². The van der Waals surface area contributed by atoms with Gasteiger partial charge >= 0.3 is 0 Å². The minimum absolute atomic E-state index is 0.204. The monoisotopic (exact) mass is 338 g/mol. The maximum atomic E-state index is 12.6. The summed E-state index contributed by atoms with van der Waals surface area (Å²) < 4.78 is 5.39. The SMILES string of the molecule is CCc1ccc(NC(=O)c2ccccc2NC(=O)[C@H]2CCCO2)cc1. The molecule has 5 heteroatoms. The minimum Gasteiger partial charge on any atom is -0.368 e. The summed E-state index contributed by atoms with van der Waals surface area (Å²) in [5.41, 5.74) is 2.85. The first-order valence-corrected chi connectivity index (χ1v) is 8.59. The van der Waals surface area contributed by atoms with Gasteiger partial charge in [0.15, 0.2) is 0 Å². The van der Waals surface area contributed by atoms with E-state index >= 15 is 0 Å². The van der Waals surface area contributed by atoms with Gasteiger partial charge in [0.2, 0.25) is 0 Å². The largest absolute Gasteiger partial charge is 0.368 e. The average molecular weight is 338 g/mol. The van der Waals surface area contributed by atoms with Crippen molar-refractivity contribution in [1.82, 2.24) is 0 Å². The van der Waals surface area contributed by atoms with E-state index in [1.54, 1.807) is 24.3 Å². The molecule has 2 aromatic rings. The van der Waals surface area contributed by atoms with Gasteiger partial charge in [0.25, 0.3) is 11.8 Å². The van der Waals surface area contributed by atoms with Crippen LogP contribution in [0.5, 0.6) is 0 Å². The van der Waals surface area contributed by atoms with E-state index in [-0.39, 0.29) is 11.8 Å². The Hall–Kier alpha value is -2.66. The fraction of sp³-hybridized carbons (Fsp3) is 0.300. The number of ether oxygens (including phenoxy) is 1. The van der Waals surface area contributed by atoms with Crippen molar-refractivity contribution in [1.29, 1.82) is 0 Å². The fourth-order valence-corrected chi connectivity index (χ4v) is 2.81. The molecule has 3 rings (SSSR count). The van der Waals surface area contributed by atoms with Crippen molar-refractivity contribution in [3.8, 4) is 0 Å². The standard InChI is InChI=1S/C20H22N2O3/c1-2-14-9-11-15(12-10-14)21-19(23)16-6-3-4-7-17(16)22-20(24)18-8-5-13-25-18/h3-4,6-7,9-12,18H,2,5,8,13H2,1H3,(H,21,23)(H,22,24)/t18-/m1/s1. The summed E-state index contributed by atoms with van der Waals surface area (Å²) in [4.78, 5) is 24.8. The van der Waals surface area contributed by atoms with Crippen molar-refractivity contribution in [3.63, 3.8) is 0 Å². The van der Waals surface area contributed by atoms with Gasteiger partial charge in [0, 0.05) is 12.3 Å². The summed E-state index contributed by atoms with van der Waals surface area (Å²) in [6, 6.07) is 14.7. The number of aryl methyl sites for hydroxylation is 1. The summed E-state index contributed by atoms with van der Waals surface area (Å²) >= 11 is 0. The zero-order chi connectivity index (χ0) is 17.6. The van der Waals surface area contributed by atoms with E-state index in [9.17, 15) is 9.59 Å². The minimum atomic E-state index is -0.433. The van der Waals surface area contributed by atoms with Crippen LogP contribution in [0.1, 0.15) is 35.7 Å². The van der Waals surface area contributed by atoms with Crippen LogP contribution in [0.3, 0.4) is 0 Å². The number of para-hydroxylation sites is 1. The Kier molecular flexibility index (Phi) is 5.46. The first-order chi connectivity index (χ1) is 12.2. The number of amides is 2. The van der Waals surface area contributed by atoms with Gasteiger partial charge in [-0.3, -0.25) is 9.59 Å². The number of nitrogens with one attached hydrogen (secondary N) is 2. The number of hydrogen-bond acceptors (Lipinski definition) is 3. The van der Waals surface area contributed by atoms with Crippen LogP contribution in [-0.4, -0.2) is 24.5 Å². The lowest BCUT2D eigenvalue weighted by atomic mass is 10.1. The second-order valence-corrected chi connectivity index (χ2v) is 6.04. The van der Waals surface area contributed by atoms with Crippen LogP contribution < -0.4 is 10.6 Å². The second kappa shape index (κ2) is 7.94. The quantitative estimate of drug-likeness (QED) is 0.875. The summed E-state index contributed by atoms with van der Waals surface area (Å²) in [7, 11) is 0. The van der Waals surface area contributed by atoms with E-state index < -0.39 is 6.10 Å². The van der Waals surface area contributed by atoms with E-state index in [0.29, 0.717) is 24.3 Å². The van der Waals surface area contributed by atoms with Gasteiger partial charge in [-0.1, -0.05) is 31.2 Å². The Morgan fingerprint density at radius 3 is 2.52 bits per heavy atom. The molecule has 130 valence electrons. The molecule has 0 saturated carbocycles. The molecule has 1 heterocycles. The van der Waals surface area contributed by atoms with Gasteiger partial charge in [-0.25, -0.2) is 0 Å². The summed E-state index contributed by atoms with van der Waals surface area (Å²) in [5, 5.41) is 5.68. The van der Waals surface area contributed by atoms with Crippen LogP contribution in [0.2, 0.25) is 0 Å². The highest BCUT2D eigenvalue weighted by molar-refractivity contribution is 6.10. The fourth-order valence-electron chi connectivity index (χ4n) is 2.81. The molecule has 0 bridgehead atoms. The van der Waals surface area contributed by atoms with E-state index in [1.807, 2.05) is 24.3 Å². The van der Waals surface area contributed by atoms with Crippen LogP contribution in [-0.2, 0) is 16.0 Å². The van der Waals surface area contributed by atoms with Crippen LogP contribution in [0.4, 0.5) is 11.4 Å². The highest BCUT2D eigenvalue weighted by atomic mass is 16.5. The number of anilines is 2. The third-order valence-corrected chi connectivity index (χ3v) is 4.27. The predicted molar refractivity (Wildman–Crippen MR) is 97.8 cm³/mol. The first-order valence-electron chi connectivity index (χ1n) is 8.59. The third kappa shape index (κ3) is 4.25. The molecule has 1 fully saturated rings. The molecule has 5 nitrogen and oxygen atoms in total. The maximum Gasteiger partial charge on any atom is 0.257 e. The molecule has 2 amide bonds. The normalized spacial score (nSPS) is 16.4. The molecule has 0 unspecified atom stereocenters. The molecule has 0 radical (unpaired) electrons. The van der Waals surface area contributed by atoms with Crippen molar-refractivity contribution >= 4 is 23.2 Å². The number of carbonyl (C=O) groups is 2. The number of benzene rings is 2. The molecule has 2 N–H and O–H groups in total. The molecule has 0 aliphatic carbocycles. The highest BCUT2D eigenvalue weighted by Gasteiger charge is 2.24. The zero-order valence-electron chi connectivity index (χ0n) is 14.2. The third-order valence-electron chi connectivity index (χ3n) is 4.27. The van der Waals surface area contributed by atoms with E-state index in [0.717, 1.165) is 18.5 Å². The number of hydrogen-bond donors (Lipinski definition) is 2. The lowest BCUT2D eigenvalue weighted by Crippen LogP contribution is -2.28. The van der Waals surface area contributed by atoms with Crippen molar-refractivity contribution < 1.29 is 14.3 Å². The van der Waals surface area contributed by atoms with Gasteiger partial charge in [0.1, 0.15) is 6.10 Å². The Labute approximate surface area is 147 Å². The van der Waals surface area contributed by atoms with Gasteiger partial charge in [0.05, 0.1) is 11.3 Å². The lowest BCUT2D eigenvalue weighted by molar-refractivity contribution is -0.124. The average Bonchev–Trinajstić information content (AvgIpc) is 3.17. The molecular weight excluding hydrogens is 316 g/mol. The maximum absolute atomic E-state index is 12.6. The lowest BCUT2D eigenvalue weighted by Gasteiger charge is -2.14. The second-order valence-electron chi connectivity index (χ2n) is 6.04. The van der Waals surface area contributed by atoms with Gasteiger partial charge in [-0.05, 0) is 49.1 Å². The molecule has 1 aliphatic rings. The predicted octanol–water partition coefficient (Wildman–Crippen LogP) is 3.62. The van der Waals surface area contributed by atoms with E-state index in [4.69, 9.17) is 4.74 Å². The molecule has 0 aromatic heterocycles. The van der Waals surface area contributed by atoms with Crippen LogP contribution in [0.15, 0.2) is 48.5 Å². The molecule has 1 saturated heterocycles. The first kappa shape index (κ1) is 17.2. The molecule has 1 atom stereocenters. The van der Waals surface area contributed by atoms with Gasteiger partial charge < -0.3 is 15.4 Å².